The first-order chi connectivity index (χ1) is 9.56. The number of rotatable bonds is 2. The lowest BCUT2D eigenvalue weighted by Gasteiger charge is -2.36. The SMILES string of the molecule is CC1CC(N)CCN1C(=O)C1CC1c1cccc(F)c1. The molecule has 4 atom stereocenters. The van der Waals surface area contributed by atoms with Gasteiger partial charge in [-0.3, -0.25) is 4.79 Å². The fourth-order valence-electron chi connectivity index (χ4n) is 3.32. The predicted molar refractivity (Wildman–Crippen MR) is 75.6 cm³/mol. The van der Waals surface area contributed by atoms with Gasteiger partial charge in [0.05, 0.1) is 0 Å². The monoisotopic (exact) mass is 276 g/mol. The normalized spacial score (nSPS) is 33.0. The van der Waals surface area contributed by atoms with Crippen LogP contribution in [0.5, 0.6) is 0 Å². The summed E-state index contributed by atoms with van der Waals surface area (Å²) in [6.45, 7) is 2.82. The molecule has 1 aromatic rings. The van der Waals surface area contributed by atoms with Crippen molar-refractivity contribution in [1.82, 2.24) is 4.90 Å². The highest BCUT2D eigenvalue weighted by molar-refractivity contribution is 5.83. The Morgan fingerprint density at radius 2 is 2.20 bits per heavy atom. The van der Waals surface area contributed by atoms with Crippen molar-refractivity contribution >= 4 is 5.91 Å². The van der Waals surface area contributed by atoms with Gasteiger partial charge in [0.2, 0.25) is 5.91 Å². The second-order valence-corrected chi connectivity index (χ2v) is 6.17. The minimum atomic E-state index is -0.224. The number of carbonyl (C=O) groups is 1. The van der Waals surface area contributed by atoms with Crippen molar-refractivity contribution in [2.45, 2.75) is 44.2 Å². The number of nitrogens with two attached hydrogens (primary N) is 1. The summed E-state index contributed by atoms with van der Waals surface area (Å²) in [7, 11) is 0. The summed E-state index contributed by atoms with van der Waals surface area (Å²) >= 11 is 0. The van der Waals surface area contributed by atoms with E-state index in [1.54, 1.807) is 12.1 Å². The van der Waals surface area contributed by atoms with Crippen LogP contribution in [0.25, 0.3) is 0 Å². The van der Waals surface area contributed by atoms with Crippen LogP contribution in [0.2, 0.25) is 0 Å². The Morgan fingerprint density at radius 3 is 2.90 bits per heavy atom. The third kappa shape index (κ3) is 2.57. The van der Waals surface area contributed by atoms with Gasteiger partial charge in [0.15, 0.2) is 0 Å². The number of nitrogens with zero attached hydrogens (tertiary/aromatic N) is 1. The average molecular weight is 276 g/mol. The molecule has 0 radical (unpaired) electrons. The number of hydrogen-bond donors (Lipinski definition) is 1. The summed E-state index contributed by atoms with van der Waals surface area (Å²) in [5.74, 6) is 0.228. The van der Waals surface area contributed by atoms with Gasteiger partial charge in [-0.25, -0.2) is 4.39 Å². The molecule has 108 valence electrons. The number of amides is 1. The topological polar surface area (TPSA) is 46.3 Å². The van der Waals surface area contributed by atoms with Crippen LogP contribution in [-0.2, 0) is 4.79 Å². The molecule has 1 amide bonds. The van der Waals surface area contributed by atoms with Crippen molar-refractivity contribution in [3.63, 3.8) is 0 Å². The van der Waals surface area contributed by atoms with Crippen molar-refractivity contribution in [2.75, 3.05) is 6.54 Å². The summed E-state index contributed by atoms with van der Waals surface area (Å²) in [6.07, 6.45) is 2.61. The molecule has 1 aliphatic carbocycles. The fraction of sp³-hybridized carbons (Fsp3) is 0.562. The second kappa shape index (κ2) is 5.17. The van der Waals surface area contributed by atoms with Crippen molar-refractivity contribution in [3.05, 3.63) is 35.6 Å². The average Bonchev–Trinajstić information content (AvgIpc) is 3.18. The Labute approximate surface area is 118 Å². The lowest BCUT2D eigenvalue weighted by molar-refractivity contribution is -0.136. The fourth-order valence-corrected chi connectivity index (χ4v) is 3.32. The first kappa shape index (κ1) is 13.6. The maximum Gasteiger partial charge on any atom is 0.226 e. The molecule has 0 bridgehead atoms. The third-order valence-electron chi connectivity index (χ3n) is 4.58. The van der Waals surface area contributed by atoms with Gasteiger partial charge in [-0.2, -0.15) is 0 Å². The molecule has 1 saturated heterocycles. The van der Waals surface area contributed by atoms with Crippen LogP contribution in [0.4, 0.5) is 4.39 Å². The highest BCUT2D eigenvalue weighted by atomic mass is 19.1. The van der Waals surface area contributed by atoms with Gasteiger partial charge >= 0.3 is 0 Å². The van der Waals surface area contributed by atoms with Gasteiger partial charge in [-0.05, 0) is 49.8 Å². The smallest absolute Gasteiger partial charge is 0.226 e. The first-order valence-corrected chi connectivity index (χ1v) is 7.38. The molecule has 3 rings (SSSR count). The second-order valence-electron chi connectivity index (χ2n) is 6.17. The Morgan fingerprint density at radius 1 is 1.40 bits per heavy atom. The third-order valence-corrected chi connectivity index (χ3v) is 4.58. The van der Waals surface area contributed by atoms with E-state index in [2.05, 4.69) is 6.92 Å². The van der Waals surface area contributed by atoms with Crippen LogP contribution in [-0.4, -0.2) is 29.4 Å². The molecule has 1 aromatic carbocycles. The molecule has 4 heteroatoms. The molecule has 1 saturated carbocycles. The van der Waals surface area contributed by atoms with E-state index in [0.29, 0.717) is 0 Å². The summed E-state index contributed by atoms with van der Waals surface area (Å²) in [5.41, 5.74) is 6.88. The highest BCUT2D eigenvalue weighted by Gasteiger charge is 2.47. The van der Waals surface area contributed by atoms with E-state index in [1.807, 2.05) is 11.0 Å². The molecular weight excluding hydrogens is 255 g/mol. The highest BCUT2D eigenvalue weighted by Crippen LogP contribution is 2.49. The van der Waals surface area contributed by atoms with Crippen molar-refractivity contribution in [2.24, 2.45) is 11.7 Å². The lowest BCUT2D eigenvalue weighted by Crippen LogP contribution is -2.49. The Bertz CT molecular complexity index is 519. The first-order valence-electron chi connectivity index (χ1n) is 7.38. The molecule has 4 unspecified atom stereocenters. The molecular formula is C16H21FN2O. The zero-order valence-corrected chi connectivity index (χ0v) is 11.8. The number of hydrogen-bond acceptors (Lipinski definition) is 2. The summed E-state index contributed by atoms with van der Waals surface area (Å²) in [5, 5.41) is 0. The van der Waals surface area contributed by atoms with Crippen molar-refractivity contribution < 1.29 is 9.18 Å². The molecule has 2 aliphatic rings. The molecule has 1 aliphatic heterocycles. The number of likely N-dealkylation sites (tertiary alicyclic amines) is 1. The van der Waals surface area contributed by atoms with Crippen LogP contribution in [0.3, 0.4) is 0 Å². The quantitative estimate of drug-likeness (QED) is 0.900. The number of piperidine rings is 1. The maximum absolute atomic E-state index is 13.2. The summed E-state index contributed by atoms with van der Waals surface area (Å²) in [6, 6.07) is 7.06. The molecule has 3 nitrogen and oxygen atoms in total. The van der Waals surface area contributed by atoms with Crippen LogP contribution in [0.1, 0.15) is 37.7 Å². The van der Waals surface area contributed by atoms with Gasteiger partial charge in [0.1, 0.15) is 5.82 Å². The van der Waals surface area contributed by atoms with Gasteiger partial charge in [0.25, 0.3) is 0 Å². The lowest BCUT2D eigenvalue weighted by atomic mass is 9.98. The number of carbonyl (C=O) groups excluding carboxylic acids is 1. The van der Waals surface area contributed by atoms with E-state index in [-0.39, 0.29) is 35.6 Å². The van der Waals surface area contributed by atoms with E-state index in [9.17, 15) is 9.18 Å². The van der Waals surface area contributed by atoms with Gasteiger partial charge in [-0.1, -0.05) is 12.1 Å². The molecule has 20 heavy (non-hydrogen) atoms. The molecule has 0 aromatic heterocycles. The standard InChI is InChI=1S/C16H21FN2O/c1-10-7-13(18)5-6-19(10)16(20)15-9-14(15)11-3-2-4-12(17)8-11/h2-4,8,10,13-15H,5-7,9,18H2,1H3. The molecule has 2 N–H and O–H groups in total. The Balaban J connectivity index is 1.65. The summed E-state index contributed by atoms with van der Waals surface area (Å²) < 4.78 is 13.2. The van der Waals surface area contributed by atoms with E-state index >= 15 is 0 Å². The van der Waals surface area contributed by atoms with Crippen molar-refractivity contribution in [3.8, 4) is 0 Å². The Hall–Kier alpha value is -1.42. The number of halogens is 1. The minimum absolute atomic E-state index is 0.0357. The Kier molecular flexibility index (Phi) is 3.50. The van der Waals surface area contributed by atoms with E-state index in [0.717, 1.165) is 31.4 Å². The van der Waals surface area contributed by atoms with Crippen LogP contribution in [0, 0.1) is 11.7 Å². The van der Waals surface area contributed by atoms with Crippen LogP contribution >= 0.6 is 0 Å². The largest absolute Gasteiger partial charge is 0.340 e. The minimum Gasteiger partial charge on any atom is -0.340 e. The van der Waals surface area contributed by atoms with Crippen LogP contribution in [0.15, 0.2) is 24.3 Å². The van der Waals surface area contributed by atoms with Gasteiger partial charge < -0.3 is 10.6 Å². The maximum atomic E-state index is 13.2. The van der Waals surface area contributed by atoms with Crippen molar-refractivity contribution in [1.29, 1.82) is 0 Å². The number of benzene rings is 1. The predicted octanol–water partition coefficient (Wildman–Crippen LogP) is 2.27. The van der Waals surface area contributed by atoms with E-state index in [1.165, 1.54) is 6.07 Å². The molecule has 0 spiro atoms. The summed E-state index contributed by atoms with van der Waals surface area (Å²) in [4.78, 5) is 14.5. The van der Waals surface area contributed by atoms with Gasteiger partial charge in [0, 0.05) is 24.5 Å². The molecule has 2 fully saturated rings. The zero-order chi connectivity index (χ0) is 14.3. The van der Waals surface area contributed by atoms with Crippen LogP contribution < -0.4 is 5.73 Å². The van der Waals surface area contributed by atoms with E-state index in [4.69, 9.17) is 5.73 Å². The van der Waals surface area contributed by atoms with E-state index < -0.39 is 0 Å². The van der Waals surface area contributed by atoms with Gasteiger partial charge in [-0.15, -0.1) is 0 Å². The molecule has 1 heterocycles. The zero-order valence-electron chi connectivity index (χ0n) is 11.8.